The van der Waals surface area contributed by atoms with E-state index in [1.54, 1.807) is 4.90 Å². The molecule has 28 heavy (non-hydrogen) atoms. The summed E-state index contributed by atoms with van der Waals surface area (Å²) in [5, 5.41) is 6.81. The lowest BCUT2D eigenvalue weighted by atomic mass is 10.1. The summed E-state index contributed by atoms with van der Waals surface area (Å²) in [5.41, 5.74) is 2.34. The summed E-state index contributed by atoms with van der Waals surface area (Å²) in [6, 6.07) is 8.67. The van der Waals surface area contributed by atoms with Crippen LogP contribution in [0.4, 0.5) is 4.79 Å². The van der Waals surface area contributed by atoms with Gasteiger partial charge in [0.1, 0.15) is 0 Å². The molecule has 0 atom stereocenters. The van der Waals surface area contributed by atoms with Gasteiger partial charge in [-0.05, 0) is 44.7 Å². The molecule has 7 nitrogen and oxygen atoms in total. The Hall–Kier alpha value is -2.28. The van der Waals surface area contributed by atoms with Crippen LogP contribution in [-0.4, -0.2) is 55.8 Å². The molecule has 1 aliphatic rings. The monoisotopic (exact) mass is 390 g/mol. The zero-order valence-electron chi connectivity index (χ0n) is 17.4. The Morgan fingerprint density at radius 2 is 1.79 bits per heavy atom. The molecular weight excluding hydrogens is 356 g/mol. The molecule has 0 spiro atoms. The third-order valence-corrected chi connectivity index (χ3v) is 4.62. The Bertz CT molecular complexity index is 611. The molecule has 2 rings (SSSR count). The molecule has 0 unspecified atom stereocenters. The fraction of sp³-hybridized carbons (Fsp3) is 0.619. The molecule has 1 saturated heterocycles. The number of piperidine rings is 1. The number of nitrogens with one attached hydrogen (secondary N) is 2. The van der Waals surface area contributed by atoms with Crippen LogP contribution in [0.5, 0.6) is 0 Å². The molecule has 1 amide bonds. The number of likely N-dealkylation sites (tertiary alicyclic amines) is 1. The van der Waals surface area contributed by atoms with Crippen molar-refractivity contribution in [2.24, 2.45) is 4.99 Å². The summed E-state index contributed by atoms with van der Waals surface area (Å²) in [4.78, 5) is 18.3. The number of rotatable bonds is 8. The number of amides is 1. The van der Waals surface area contributed by atoms with Crippen molar-refractivity contribution in [3.8, 4) is 0 Å². The van der Waals surface area contributed by atoms with Crippen molar-refractivity contribution in [3.05, 3.63) is 35.4 Å². The summed E-state index contributed by atoms with van der Waals surface area (Å²) in [7, 11) is 0. The van der Waals surface area contributed by atoms with E-state index in [0.717, 1.165) is 37.5 Å². The van der Waals surface area contributed by atoms with Gasteiger partial charge < -0.3 is 25.0 Å². The Labute approximate surface area is 168 Å². The minimum atomic E-state index is -0.214. The van der Waals surface area contributed by atoms with Gasteiger partial charge in [0.2, 0.25) is 0 Å². The first kappa shape index (κ1) is 22.0. The van der Waals surface area contributed by atoms with E-state index in [9.17, 15) is 4.79 Å². The van der Waals surface area contributed by atoms with Crippen molar-refractivity contribution in [1.82, 2.24) is 15.5 Å². The number of carbonyl (C=O) groups excluding carboxylic acids is 1. The fourth-order valence-corrected chi connectivity index (χ4v) is 3.07. The lowest BCUT2D eigenvalue weighted by molar-refractivity contribution is 0.0963. The highest BCUT2D eigenvalue weighted by Gasteiger charge is 2.23. The third-order valence-electron chi connectivity index (χ3n) is 4.62. The lowest BCUT2D eigenvalue weighted by Crippen LogP contribution is -2.49. The molecule has 0 aliphatic carbocycles. The minimum absolute atomic E-state index is 0.214. The van der Waals surface area contributed by atoms with Gasteiger partial charge in [0, 0.05) is 32.3 Å². The van der Waals surface area contributed by atoms with Crippen LogP contribution >= 0.6 is 0 Å². The van der Waals surface area contributed by atoms with Crippen LogP contribution in [-0.2, 0) is 22.6 Å². The Balaban J connectivity index is 1.84. The minimum Gasteiger partial charge on any atom is -0.450 e. The van der Waals surface area contributed by atoms with Crippen LogP contribution in [0.25, 0.3) is 0 Å². The predicted molar refractivity (Wildman–Crippen MR) is 111 cm³/mol. The first-order valence-electron chi connectivity index (χ1n) is 10.3. The van der Waals surface area contributed by atoms with E-state index in [-0.39, 0.29) is 6.09 Å². The molecule has 1 aromatic carbocycles. The fourth-order valence-electron chi connectivity index (χ4n) is 3.07. The van der Waals surface area contributed by atoms with Gasteiger partial charge in [-0.25, -0.2) is 9.79 Å². The Morgan fingerprint density at radius 3 is 2.39 bits per heavy atom. The van der Waals surface area contributed by atoms with Crippen LogP contribution in [0, 0.1) is 0 Å². The summed E-state index contributed by atoms with van der Waals surface area (Å²) >= 11 is 0. The number of hydrogen-bond acceptors (Lipinski definition) is 4. The first-order valence-corrected chi connectivity index (χ1v) is 10.3. The van der Waals surface area contributed by atoms with E-state index < -0.39 is 0 Å². The number of aliphatic imine (C=N–C) groups is 1. The van der Waals surface area contributed by atoms with Gasteiger partial charge in [-0.2, -0.15) is 0 Å². The summed E-state index contributed by atoms with van der Waals surface area (Å²) in [6.45, 7) is 10.5. The second-order valence-electron chi connectivity index (χ2n) is 6.75. The van der Waals surface area contributed by atoms with Crippen molar-refractivity contribution >= 4 is 12.1 Å². The molecule has 7 heteroatoms. The van der Waals surface area contributed by atoms with Crippen LogP contribution in [0.15, 0.2) is 29.3 Å². The maximum Gasteiger partial charge on any atom is 0.409 e. The van der Waals surface area contributed by atoms with E-state index in [1.807, 2.05) is 13.8 Å². The van der Waals surface area contributed by atoms with Gasteiger partial charge >= 0.3 is 6.09 Å². The van der Waals surface area contributed by atoms with Crippen LogP contribution < -0.4 is 10.6 Å². The van der Waals surface area contributed by atoms with E-state index in [2.05, 4.69) is 41.8 Å². The second kappa shape index (κ2) is 12.2. The first-order chi connectivity index (χ1) is 13.7. The molecule has 0 bridgehead atoms. The maximum absolute atomic E-state index is 11.8. The number of carbonyl (C=O) groups is 1. The van der Waals surface area contributed by atoms with Gasteiger partial charge in [-0.1, -0.05) is 24.3 Å². The quantitative estimate of drug-likeness (QED) is 0.527. The molecule has 1 aromatic rings. The standard InChI is InChI=1S/C21H34N4O3/c1-4-22-20(23-15-17-7-9-18(10-8-17)16-27-5-2)24-19-11-13-25(14-12-19)21(26)28-6-3/h7-10,19H,4-6,11-16H2,1-3H3,(H2,22,23,24). The van der Waals surface area contributed by atoms with Crippen molar-refractivity contribution in [2.75, 3.05) is 32.8 Å². The highest BCUT2D eigenvalue weighted by molar-refractivity contribution is 5.80. The van der Waals surface area contributed by atoms with Gasteiger partial charge in [-0.15, -0.1) is 0 Å². The predicted octanol–water partition coefficient (Wildman–Crippen LogP) is 2.90. The van der Waals surface area contributed by atoms with E-state index in [4.69, 9.17) is 14.5 Å². The molecule has 1 fully saturated rings. The average molecular weight is 391 g/mol. The Morgan fingerprint density at radius 1 is 1.11 bits per heavy atom. The third kappa shape index (κ3) is 7.38. The van der Waals surface area contributed by atoms with Crippen molar-refractivity contribution < 1.29 is 14.3 Å². The molecule has 0 radical (unpaired) electrons. The highest BCUT2D eigenvalue weighted by atomic mass is 16.6. The molecule has 2 N–H and O–H groups in total. The second-order valence-corrected chi connectivity index (χ2v) is 6.75. The lowest BCUT2D eigenvalue weighted by Gasteiger charge is -2.32. The summed E-state index contributed by atoms with van der Waals surface area (Å²) in [6.07, 6.45) is 1.55. The van der Waals surface area contributed by atoms with Crippen LogP contribution in [0.2, 0.25) is 0 Å². The SMILES string of the molecule is CCNC(=NCc1ccc(COCC)cc1)NC1CCN(C(=O)OCC)CC1. The summed E-state index contributed by atoms with van der Waals surface area (Å²) < 4.78 is 10.5. The zero-order valence-corrected chi connectivity index (χ0v) is 17.4. The van der Waals surface area contributed by atoms with Gasteiger partial charge in [0.15, 0.2) is 5.96 Å². The topological polar surface area (TPSA) is 75.2 Å². The average Bonchev–Trinajstić information content (AvgIpc) is 2.72. The van der Waals surface area contributed by atoms with Gasteiger partial charge in [0.25, 0.3) is 0 Å². The van der Waals surface area contributed by atoms with E-state index in [1.165, 1.54) is 5.56 Å². The van der Waals surface area contributed by atoms with Crippen molar-refractivity contribution in [2.45, 2.75) is 52.8 Å². The maximum atomic E-state index is 11.8. The van der Waals surface area contributed by atoms with Crippen LogP contribution in [0.1, 0.15) is 44.7 Å². The molecular formula is C21H34N4O3. The smallest absolute Gasteiger partial charge is 0.409 e. The van der Waals surface area contributed by atoms with Gasteiger partial charge in [0.05, 0.1) is 19.8 Å². The molecule has 1 aliphatic heterocycles. The highest BCUT2D eigenvalue weighted by Crippen LogP contribution is 2.12. The van der Waals surface area contributed by atoms with Crippen molar-refractivity contribution in [1.29, 1.82) is 0 Å². The Kier molecular flexibility index (Phi) is 9.62. The van der Waals surface area contributed by atoms with Crippen molar-refractivity contribution in [3.63, 3.8) is 0 Å². The van der Waals surface area contributed by atoms with Crippen LogP contribution in [0.3, 0.4) is 0 Å². The van der Waals surface area contributed by atoms with E-state index >= 15 is 0 Å². The number of nitrogens with zero attached hydrogens (tertiary/aromatic N) is 2. The molecule has 1 heterocycles. The molecule has 156 valence electrons. The van der Waals surface area contributed by atoms with Gasteiger partial charge in [-0.3, -0.25) is 0 Å². The molecule has 0 aromatic heterocycles. The number of benzene rings is 1. The zero-order chi connectivity index (χ0) is 20.2. The molecule has 0 saturated carbocycles. The summed E-state index contributed by atoms with van der Waals surface area (Å²) in [5.74, 6) is 0.815. The number of ether oxygens (including phenoxy) is 2. The number of guanidine groups is 1. The normalized spacial score (nSPS) is 15.4. The largest absolute Gasteiger partial charge is 0.450 e. The van der Waals surface area contributed by atoms with E-state index in [0.29, 0.717) is 38.9 Å². The number of hydrogen-bond donors (Lipinski definition) is 2.